The van der Waals surface area contributed by atoms with Crippen LogP contribution in [0.1, 0.15) is 37.3 Å². The van der Waals surface area contributed by atoms with E-state index in [-0.39, 0.29) is 30.6 Å². The first-order valence-corrected chi connectivity index (χ1v) is 11.2. The third-order valence-electron chi connectivity index (χ3n) is 5.97. The van der Waals surface area contributed by atoms with Gasteiger partial charge < -0.3 is 19.9 Å². The molecule has 7 heteroatoms. The molecule has 0 spiro atoms. The van der Waals surface area contributed by atoms with Gasteiger partial charge >= 0.3 is 5.97 Å². The molecule has 2 atom stereocenters. The third-order valence-corrected chi connectivity index (χ3v) is 5.97. The zero-order chi connectivity index (χ0) is 23.8. The van der Waals surface area contributed by atoms with Gasteiger partial charge in [0.2, 0.25) is 5.91 Å². The third kappa shape index (κ3) is 7.15. The fourth-order valence-electron chi connectivity index (χ4n) is 3.76. The summed E-state index contributed by atoms with van der Waals surface area (Å²) < 4.78 is 10.7. The van der Waals surface area contributed by atoms with Crippen LogP contribution in [0.25, 0.3) is 0 Å². The highest BCUT2D eigenvalue weighted by atomic mass is 16.5. The predicted molar refractivity (Wildman–Crippen MR) is 122 cm³/mol. The Morgan fingerprint density at radius 2 is 1.70 bits per heavy atom. The SMILES string of the molecule is COc1ccc(C[C@H](CC(=O)[C@@H](C)NC(=O)C2CC(O)C2)C(=O)OCc2ccccc2)cc1. The molecule has 0 heterocycles. The predicted octanol–water partition coefficient (Wildman–Crippen LogP) is 2.83. The van der Waals surface area contributed by atoms with E-state index in [0.717, 1.165) is 11.1 Å². The van der Waals surface area contributed by atoms with Crippen LogP contribution in [0.3, 0.4) is 0 Å². The highest BCUT2D eigenvalue weighted by Crippen LogP contribution is 2.27. The number of ketones is 1. The summed E-state index contributed by atoms with van der Waals surface area (Å²) in [5.41, 5.74) is 1.74. The summed E-state index contributed by atoms with van der Waals surface area (Å²) in [4.78, 5) is 38.0. The summed E-state index contributed by atoms with van der Waals surface area (Å²) in [5.74, 6) is -1.17. The number of ether oxygens (including phenoxy) is 2. The summed E-state index contributed by atoms with van der Waals surface area (Å²) in [6, 6.07) is 15.9. The second kappa shape index (κ2) is 11.6. The Balaban J connectivity index is 1.63. The number of amides is 1. The molecule has 3 rings (SSSR count). The molecule has 33 heavy (non-hydrogen) atoms. The molecule has 1 aliphatic rings. The maximum absolute atomic E-state index is 12.9. The molecule has 2 aromatic rings. The molecule has 2 N–H and O–H groups in total. The lowest BCUT2D eigenvalue weighted by molar-refractivity contribution is -0.151. The zero-order valence-corrected chi connectivity index (χ0v) is 19.0. The van der Waals surface area contributed by atoms with E-state index in [4.69, 9.17) is 9.47 Å². The van der Waals surface area contributed by atoms with Gasteiger partial charge in [0.1, 0.15) is 12.4 Å². The van der Waals surface area contributed by atoms with Gasteiger partial charge in [-0.05, 0) is 49.4 Å². The van der Waals surface area contributed by atoms with Crippen LogP contribution in [0, 0.1) is 11.8 Å². The van der Waals surface area contributed by atoms with E-state index in [1.54, 1.807) is 26.2 Å². The zero-order valence-electron chi connectivity index (χ0n) is 19.0. The topological polar surface area (TPSA) is 102 Å². The monoisotopic (exact) mass is 453 g/mol. The molecule has 0 unspecified atom stereocenters. The van der Waals surface area contributed by atoms with E-state index in [1.807, 2.05) is 42.5 Å². The molecule has 1 aliphatic carbocycles. The fourth-order valence-corrected chi connectivity index (χ4v) is 3.76. The van der Waals surface area contributed by atoms with Gasteiger partial charge in [-0.25, -0.2) is 0 Å². The minimum atomic E-state index is -0.726. The molecule has 0 bridgehead atoms. The van der Waals surface area contributed by atoms with Crippen molar-refractivity contribution < 1.29 is 29.0 Å². The Kier molecular flexibility index (Phi) is 8.60. The molecule has 2 aromatic carbocycles. The number of carbonyl (C=O) groups is 3. The lowest BCUT2D eigenvalue weighted by Crippen LogP contribution is -2.47. The minimum Gasteiger partial charge on any atom is -0.497 e. The first-order valence-electron chi connectivity index (χ1n) is 11.2. The van der Waals surface area contributed by atoms with Gasteiger partial charge in [0.05, 0.1) is 25.2 Å². The van der Waals surface area contributed by atoms with Crippen LogP contribution in [0.2, 0.25) is 0 Å². The molecule has 1 amide bonds. The van der Waals surface area contributed by atoms with E-state index in [9.17, 15) is 19.5 Å². The van der Waals surface area contributed by atoms with Crippen molar-refractivity contribution in [3.8, 4) is 5.75 Å². The first-order chi connectivity index (χ1) is 15.9. The van der Waals surface area contributed by atoms with Gasteiger partial charge in [0.15, 0.2) is 5.78 Å². The van der Waals surface area contributed by atoms with E-state index in [2.05, 4.69) is 5.32 Å². The van der Waals surface area contributed by atoms with Crippen molar-refractivity contribution in [3.05, 3.63) is 65.7 Å². The van der Waals surface area contributed by atoms with Crippen LogP contribution >= 0.6 is 0 Å². The summed E-state index contributed by atoms with van der Waals surface area (Å²) in [7, 11) is 1.58. The van der Waals surface area contributed by atoms with Crippen molar-refractivity contribution in [3.63, 3.8) is 0 Å². The van der Waals surface area contributed by atoms with Crippen molar-refractivity contribution in [2.24, 2.45) is 11.8 Å². The molecule has 1 saturated carbocycles. The standard InChI is InChI=1S/C26H31NO6/c1-17(27-25(30)20-13-22(28)14-20)24(29)15-21(12-18-8-10-23(32-2)11-9-18)26(31)33-16-19-6-4-3-5-7-19/h3-11,17,20-22,28H,12-16H2,1-2H3,(H,27,30)/t17-,20?,21-,22?/m1/s1. The van der Waals surface area contributed by atoms with Gasteiger partial charge in [-0.3, -0.25) is 14.4 Å². The number of hydrogen-bond acceptors (Lipinski definition) is 6. The number of aliphatic hydroxyl groups is 1. The van der Waals surface area contributed by atoms with Crippen LogP contribution in [0.5, 0.6) is 5.75 Å². The number of hydrogen-bond donors (Lipinski definition) is 2. The molecule has 0 saturated heterocycles. The molecule has 0 aromatic heterocycles. The Bertz CT molecular complexity index is 937. The number of nitrogens with one attached hydrogen (secondary N) is 1. The fraction of sp³-hybridized carbons (Fsp3) is 0.423. The second-order valence-electron chi connectivity index (χ2n) is 8.57. The smallest absolute Gasteiger partial charge is 0.310 e. The van der Waals surface area contributed by atoms with Crippen LogP contribution < -0.4 is 10.1 Å². The summed E-state index contributed by atoms with van der Waals surface area (Å²) in [5, 5.41) is 12.1. The summed E-state index contributed by atoms with van der Waals surface area (Å²) in [6.07, 6.45) is 0.671. The van der Waals surface area contributed by atoms with E-state index >= 15 is 0 Å². The van der Waals surface area contributed by atoms with Gasteiger partial charge in [0, 0.05) is 12.3 Å². The Morgan fingerprint density at radius 3 is 2.30 bits per heavy atom. The van der Waals surface area contributed by atoms with Gasteiger partial charge in [-0.1, -0.05) is 42.5 Å². The molecule has 0 aliphatic heterocycles. The number of benzene rings is 2. The average molecular weight is 454 g/mol. The van der Waals surface area contributed by atoms with Crippen LogP contribution in [0.15, 0.2) is 54.6 Å². The normalized spacial score (nSPS) is 19.0. The quantitative estimate of drug-likeness (QED) is 0.508. The van der Waals surface area contributed by atoms with Crippen molar-refractivity contribution in [1.82, 2.24) is 5.32 Å². The lowest BCUT2D eigenvalue weighted by atomic mass is 9.81. The number of aliphatic hydroxyl groups excluding tert-OH is 1. The Hall–Kier alpha value is -3.19. The molecule has 1 fully saturated rings. The van der Waals surface area contributed by atoms with E-state index < -0.39 is 24.0 Å². The largest absolute Gasteiger partial charge is 0.497 e. The number of esters is 1. The van der Waals surface area contributed by atoms with Crippen molar-refractivity contribution in [2.75, 3.05) is 7.11 Å². The molecule has 176 valence electrons. The Morgan fingerprint density at radius 1 is 1.03 bits per heavy atom. The van der Waals surface area contributed by atoms with E-state index in [1.165, 1.54) is 0 Å². The maximum atomic E-state index is 12.9. The van der Waals surface area contributed by atoms with Crippen molar-refractivity contribution >= 4 is 17.7 Å². The average Bonchev–Trinajstić information content (AvgIpc) is 2.81. The van der Waals surface area contributed by atoms with Gasteiger partial charge in [0.25, 0.3) is 0 Å². The number of methoxy groups -OCH3 is 1. The molecule has 0 radical (unpaired) electrons. The summed E-state index contributed by atoms with van der Waals surface area (Å²) >= 11 is 0. The molecule has 7 nitrogen and oxygen atoms in total. The number of carbonyl (C=O) groups excluding carboxylic acids is 3. The first kappa shape index (κ1) is 24.5. The highest BCUT2D eigenvalue weighted by Gasteiger charge is 2.34. The van der Waals surface area contributed by atoms with Gasteiger partial charge in [-0.15, -0.1) is 0 Å². The second-order valence-corrected chi connectivity index (χ2v) is 8.57. The molecular weight excluding hydrogens is 422 g/mol. The number of Topliss-reactive ketones (excluding diaryl/α,β-unsaturated/α-hetero) is 1. The Labute approximate surface area is 194 Å². The van der Waals surface area contributed by atoms with Crippen molar-refractivity contribution in [1.29, 1.82) is 0 Å². The maximum Gasteiger partial charge on any atom is 0.310 e. The highest BCUT2D eigenvalue weighted by molar-refractivity contribution is 5.92. The summed E-state index contributed by atoms with van der Waals surface area (Å²) in [6.45, 7) is 1.75. The number of rotatable bonds is 11. The molecular formula is C26H31NO6. The minimum absolute atomic E-state index is 0.0472. The van der Waals surface area contributed by atoms with Crippen LogP contribution in [-0.4, -0.2) is 42.0 Å². The lowest BCUT2D eigenvalue weighted by Gasteiger charge is -2.31. The van der Waals surface area contributed by atoms with E-state index in [0.29, 0.717) is 25.0 Å². The van der Waals surface area contributed by atoms with Crippen LogP contribution in [-0.2, 0) is 32.1 Å². The van der Waals surface area contributed by atoms with Crippen molar-refractivity contribution in [2.45, 2.75) is 51.4 Å². The van der Waals surface area contributed by atoms with Crippen LogP contribution in [0.4, 0.5) is 0 Å². The van der Waals surface area contributed by atoms with Gasteiger partial charge in [-0.2, -0.15) is 0 Å².